The Balaban J connectivity index is 2.19. The van der Waals surface area contributed by atoms with Gasteiger partial charge in [-0.05, 0) is 43.2 Å². The fraction of sp³-hybridized carbons (Fsp3) is 0.200. The maximum atomic E-state index is 5.78. The van der Waals surface area contributed by atoms with Crippen LogP contribution in [0.4, 0.5) is 0 Å². The molecule has 0 spiro atoms. The quantitative estimate of drug-likeness (QED) is 0.763. The first-order valence-electron chi connectivity index (χ1n) is 5.72. The minimum absolute atomic E-state index is 0.859. The van der Waals surface area contributed by atoms with E-state index in [1.54, 1.807) is 0 Å². The minimum atomic E-state index is 0.859. The van der Waals surface area contributed by atoms with Crippen molar-refractivity contribution in [3.63, 3.8) is 0 Å². The third kappa shape index (κ3) is 3.10. The summed E-state index contributed by atoms with van der Waals surface area (Å²) in [7, 11) is 0. The lowest BCUT2D eigenvalue weighted by Gasteiger charge is -2.08. The number of ether oxygens (including phenoxy) is 1. The standard InChI is InChI=1S/C15H15BrO/c1-3-12-6-9-14(10-15(12)16)17-13-7-4-11(2)5-8-13/h4-10H,3H2,1-2H3. The van der Waals surface area contributed by atoms with E-state index in [4.69, 9.17) is 4.74 Å². The summed E-state index contributed by atoms with van der Waals surface area (Å²) in [4.78, 5) is 0. The maximum absolute atomic E-state index is 5.78. The van der Waals surface area contributed by atoms with Gasteiger partial charge in [0.05, 0.1) is 0 Å². The van der Waals surface area contributed by atoms with Crippen molar-refractivity contribution in [3.05, 3.63) is 58.1 Å². The van der Waals surface area contributed by atoms with Crippen LogP contribution >= 0.6 is 15.9 Å². The molecule has 0 aliphatic carbocycles. The molecule has 0 aliphatic rings. The lowest BCUT2D eigenvalue weighted by Crippen LogP contribution is -1.87. The van der Waals surface area contributed by atoms with Crippen molar-refractivity contribution in [2.45, 2.75) is 20.3 Å². The molecule has 0 N–H and O–H groups in total. The fourth-order valence-corrected chi connectivity index (χ4v) is 2.26. The molecule has 0 amide bonds. The van der Waals surface area contributed by atoms with Crippen LogP contribution in [0.1, 0.15) is 18.1 Å². The molecule has 2 aromatic carbocycles. The summed E-state index contributed by atoms with van der Waals surface area (Å²) in [5.41, 5.74) is 2.53. The molecule has 0 heterocycles. The lowest BCUT2D eigenvalue weighted by molar-refractivity contribution is 0.482. The topological polar surface area (TPSA) is 9.23 Å². The second-order valence-corrected chi connectivity index (χ2v) is 4.88. The number of hydrogen-bond acceptors (Lipinski definition) is 1. The smallest absolute Gasteiger partial charge is 0.128 e. The summed E-state index contributed by atoms with van der Waals surface area (Å²) < 4.78 is 6.89. The maximum Gasteiger partial charge on any atom is 0.128 e. The van der Waals surface area contributed by atoms with Gasteiger partial charge < -0.3 is 4.74 Å². The monoisotopic (exact) mass is 290 g/mol. The third-order valence-electron chi connectivity index (χ3n) is 2.66. The van der Waals surface area contributed by atoms with E-state index in [0.717, 1.165) is 22.4 Å². The summed E-state index contributed by atoms with van der Waals surface area (Å²) in [6.45, 7) is 4.21. The molecule has 0 fully saturated rings. The third-order valence-corrected chi connectivity index (χ3v) is 3.40. The van der Waals surface area contributed by atoms with E-state index in [9.17, 15) is 0 Å². The van der Waals surface area contributed by atoms with Gasteiger partial charge in [0, 0.05) is 4.47 Å². The highest BCUT2D eigenvalue weighted by Crippen LogP contribution is 2.27. The number of aryl methyl sites for hydroxylation is 2. The molecular weight excluding hydrogens is 276 g/mol. The molecule has 2 rings (SSSR count). The van der Waals surface area contributed by atoms with Crippen LogP contribution in [-0.4, -0.2) is 0 Å². The first-order valence-corrected chi connectivity index (χ1v) is 6.51. The molecule has 88 valence electrons. The summed E-state index contributed by atoms with van der Waals surface area (Å²) in [6, 6.07) is 14.2. The van der Waals surface area contributed by atoms with Gasteiger partial charge >= 0.3 is 0 Å². The predicted octanol–water partition coefficient (Wildman–Crippen LogP) is 5.11. The molecule has 2 aromatic rings. The van der Waals surface area contributed by atoms with Gasteiger partial charge in [-0.2, -0.15) is 0 Å². The second kappa shape index (κ2) is 5.37. The molecule has 0 saturated heterocycles. The Morgan fingerprint density at radius 1 is 1.00 bits per heavy atom. The number of benzene rings is 2. The van der Waals surface area contributed by atoms with Gasteiger partial charge in [0.2, 0.25) is 0 Å². The van der Waals surface area contributed by atoms with Gasteiger partial charge in [-0.1, -0.05) is 46.6 Å². The summed E-state index contributed by atoms with van der Waals surface area (Å²) in [6.07, 6.45) is 1.02. The molecule has 1 nitrogen and oxygen atoms in total. The normalized spacial score (nSPS) is 10.3. The van der Waals surface area contributed by atoms with Crippen molar-refractivity contribution in [1.29, 1.82) is 0 Å². The van der Waals surface area contributed by atoms with Gasteiger partial charge in [0.25, 0.3) is 0 Å². The molecular formula is C15H15BrO. The van der Waals surface area contributed by atoms with Crippen molar-refractivity contribution in [2.75, 3.05) is 0 Å². The van der Waals surface area contributed by atoms with E-state index >= 15 is 0 Å². The van der Waals surface area contributed by atoms with E-state index in [0.29, 0.717) is 0 Å². The number of rotatable bonds is 3. The highest BCUT2D eigenvalue weighted by molar-refractivity contribution is 9.10. The minimum Gasteiger partial charge on any atom is -0.457 e. The van der Waals surface area contributed by atoms with E-state index < -0.39 is 0 Å². The zero-order valence-corrected chi connectivity index (χ0v) is 11.6. The average Bonchev–Trinajstić information content (AvgIpc) is 2.32. The zero-order chi connectivity index (χ0) is 12.3. The van der Waals surface area contributed by atoms with Crippen molar-refractivity contribution < 1.29 is 4.74 Å². The molecule has 0 unspecified atom stereocenters. The molecule has 0 saturated carbocycles. The van der Waals surface area contributed by atoms with Crippen LogP contribution in [0.5, 0.6) is 11.5 Å². The van der Waals surface area contributed by atoms with Crippen LogP contribution in [0.2, 0.25) is 0 Å². The van der Waals surface area contributed by atoms with Gasteiger partial charge in [0.15, 0.2) is 0 Å². The molecule has 17 heavy (non-hydrogen) atoms. The first-order chi connectivity index (χ1) is 8.19. The lowest BCUT2D eigenvalue weighted by atomic mass is 10.2. The molecule has 0 aliphatic heterocycles. The summed E-state index contributed by atoms with van der Waals surface area (Å²) >= 11 is 3.55. The first kappa shape index (κ1) is 12.2. The predicted molar refractivity (Wildman–Crippen MR) is 74.8 cm³/mol. The van der Waals surface area contributed by atoms with E-state index in [1.165, 1.54) is 11.1 Å². The van der Waals surface area contributed by atoms with Gasteiger partial charge in [0.1, 0.15) is 11.5 Å². The molecule has 0 bridgehead atoms. The Labute approximate surface area is 111 Å². The number of hydrogen-bond donors (Lipinski definition) is 0. The summed E-state index contributed by atoms with van der Waals surface area (Å²) in [5, 5.41) is 0. The molecule has 0 radical (unpaired) electrons. The Morgan fingerprint density at radius 2 is 1.65 bits per heavy atom. The van der Waals surface area contributed by atoms with E-state index in [1.807, 2.05) is 36.4 Å². The largest absolute Gasteiger partial charge is 0.457 e. The Morgan fingerprint density at radius 3 is 2.24 bits per heavy atom. The van der Waals surface area contributed by atoms with E-state index in [2.05, 4.69) is 35.8 Å². The van der Waals surface area contributed by atoms with Gasteiger partial charge in [-0.25, -0.2) is 0 Å². The highest BCUT2D eigenvalue weighted by atomic mass is 79.9. The number of halogens is 1. The SMILES string of the molecule is CCc1ccc(Oc2ccc(C)cc2)cc1Br. The van der Waals surface area contributed by atoms with Gasteiger partial charge in [-0.15, -0.1) is 0 Å². The van der Waals surface area contributed by atoms with Crippen LogP contribution in [0.25, 0.3) is 0 Å². The molecule has 2 heteroatoms. The van der Waals surface area contributed by atoms with Crippen LogP contribution < -0.4 is 4.74 Å². The second-order valence-electron chi connectivity index (χ2n) is 4.02. The van der Waals surface area contributed by atoms with Crippen molar-refractivity contribution in [3.8, 4) is 11.5 Å². The van der Waals surface area contributed by atoms with Crippen LogP contribution in [0, 0.1) is 6.92 Å². The zero-order valence-electron chi connectivity index (χ0n) is 10.0. The van der Waals surface area contributed by atoms with Crippen LogP contribution in [0.15, 0.2) is 46.9 Å². The Bertz CT molecular complexity index is 503. The fourth-order valence-electron chi connectivity index (χ4n) is 1.62. The van der Waals surface area contributed by atoms with Crippen LogP contribution in [-0.2, 0) is 6.42 Å². The summed E-state index contributed by atoms with van der Waals surface area (Å²) in [5.74, 6) is 1.73. The van der Waals surface area contributed by atoms with Crippen molar-refractivity contribution in [1.82, 2.24) is 0 Å². The molecule has 0 atom stereocenters. The highest BCUT2D eigenvalue weighted by Gasteiger charge is 2.01. The molecule has 0 aromatic heterocycles. The average molecular weight is 291 g/mol. The van der Waals surface area contributed by atoms with Crippen LogP contribution in [0.3, 0.4) is 0 Å². The Hall–Kier alpha value is -1.28. The Kier molecular flexibility index (Phi) is 3.85. The van der Waals surface area contributed by atoms with Gasteiger partial charge in [-0.3, -0.25) is 0 Å². The van der Waals surface area contributed by atoms with Crippen molar-refractivity contribution >= 4 is 15.9 Å². The van der Waals surface area contributed by atoms with Crippen molar-refractivity contribution in [2.24, 2.45) is 0 Å². The van der Waals surface area contributed by atoms with E-state index in [-0.39, 0.29) is 0 Å².